The molecule has 1 aliphatic carbocycles. The van der Waals surface area contributed by atoms with Crippen LogP contribution < -0.4 is 4.74 Å². The van der Waals surface area contributed by atoms with E-state index in [0.717, 1.165) is 29.7 Å². The van der Waals surface area contributed by atoms with Gasteiger partial charge in [0, 0.05) is 25.0 Å². The second-order valence-corrected chi connectivity index (χ2v) is 8.34. The first-order valence-electron chi connectivity index (χ1n) is 8.12. The second-order valence-electron chi connectivity index (χ2n) is 6.48. The predicted octanol–water partition coefficient (Wildman–Crippen LogP) is 3.00. The van der Waals surface area contributed by atoms with Crippen LogP contribution in [0.1, 0.15) is 29.7 Å². The van der Waals surface area contributed by atoms with E-state index in [-0.39, 0.29) is 10.9 Å². The largest absolute Gasteiger partial charge is 0.495 e. The highest BCUT2D eigenvalue weighted by atomic mass is 32.2. The fraction of sp³-hybridized carbons (Fsp3) is 0.444. The third kappa shape index (κ3) is 3.08. The summed E-state index contributed by atoms with van der Waals surface area (Å²) < 4.78 is 35.6. The molecule has 0 atom stereocenters. The number of hydrogen-bond donors (Lipinski definition) is 0. The summed E-state index contributed by atoms with van der Waals surface area (Å²) in [6.07, 6.45) is 3.76. The maximum atomic E-state index is 13.3. The molecule has 0 N–H and O–H groups in total. The number of hydrogen-bond acceptors (Lipinski definition) is 3. The molecule has 3 rings (SSSR count). The summed E-state index contributed by atoms with van der Waals surface area (Å²) in [4.78, 5) is 0.259. The molecule has 1 aromatic carbocycles. The number of methoxy groups -OCH3 is 1. The Bertz CT molecular complexity index is 851. The highest BCUT2D eigenvalue weighted by Crippen LogP contribution is 2.37. The molecule has 0 aliphatic heterocycles. The Labute approximate surface area is 143 Å². The van der Waals surface area contributed by atoms with Gasteiger partial charge < -0.3 is 9.30 Å². The van der Waals surface area contributed by atoms with Gasteiger partial charge in [0.05, 0.1) is 13.7 Å². The molecule has 0 unspecified atom stereocenters. The maximum absolute atomic E-state index is 13.3. The fourth-order valence-corrected chi connectivity index (χ4v) is 4.72. The van der Waals surface area contributed by atoms with Gasteiger partial charge in [-0.15, -0.1) is 0 Å². The molecule has 5 nitrogen and oxygen atoms in total. The minimum atomic E-state index is -3.62. The van der Waals surface area contributed by atoms with Gasteiger partial charge in [0.1, 0.15) is 10.6 Å². The quantitative estimate of drug-likeness (QED) is 0.806. The van der Waals surface area contributed by atoms with E-state index in [1.54, 1.807) is 16.4 Å². The molecular formula is C18H24N2O3S. The van der Waals surface area contributed by atoms with Crippen LogP contribution in [0.25, 0.3) is 0 Å². The molecular weight excluding hydrogens is 324 g/mol. The molecule has 1 heterocycles. The standard InChI is InChI=1S/C18H24N2O3S/c1-13-10-17(23-4)18(11-14(13)2)24(21,22)20(15-7-8-15)12-16-6-5-9-19(16)3/h5-6,9-11,15H,7-8,12H2,1-4H3. The Hall–Kier alpha value is -1.79. The van der Waals surface area contributed by atoms with Gasteiger partial charge in [-0.25, -0.2) is 8.42 Å². The molecule has 0 spiro atoms. The Morgan fingerprint density at radius 3 is 2.46 bits per heavy atom. The minimum Gasteiger partial charge on any atom is -0.495 e. The highest BCUT2D eigenvalue weighted by molar-refractivity contribution is 7.89. The Morgan fingerprint density at radius 1 is 1.25 bits per heavy atom. The van der Waals surface area contributed by atoms with Gasteiger partial charge in [0.15, 0.2) is 0 Å². The lowest BCUT2D eigenvalue weighted by atomic mass is 10.1. The lowest BCUT2D eigenvalue weighted by Crippen LogP contribution is -2.33. The maximum Gasteiger partial charge on any atom is 0.247 e. The lowest BCUT2D eigenvalue weighted by Gasteiger charge is -2.24. The van der Waals surface area contributed by atoms with Gasteiger partial charge in [-0.3, -0.25) is 0 Å². The number of ether oxygens (including phenoxy) is 1. The Kier molecular flexibility index (Phi) is 4.44. The summed E-state index contributed by atoms with van der Waals surface area (Å²) >= 11 is 0. The van der Waals surface area contributed by atoms with Crippen molar-refractivity contribution in [2.75, 3.05) is 7.11 Å². The molecule has 2 aromatic rings. The first kappa shape index (κ1) is 17.0. The number of rotatable bonds is 6. The van der Waals surface area contributed by atoms with Crippen molar-refractivity contribution in [3.63, 3.8) is 0 Å². The Balaban J connectivity index is 2.04. The van der Waals surface area contributed by atoms with Crippen LogP contribution in [0.5, 0.6) is 5.75 Å². The summed E-state index contributed by atoms with van der Waals surface area (Å²) in [6.45, 7) is 4.26. The van der Waals surface area contributed by atoms with Crippen molar-refractivity contribution in [1.29, 1.82) is 0 Å². The summed E-state index contributed by atoms with van der Waals surface area (Å²) in [7, 11) is -0.168. The van der Waals surface area contributed by atoms with Gasteiger partial charge >= 0.3 is 0 Å². The topological polar surface area (TPSA) is 51.5 Å². The van der Waals surface area contributed by atoms with Crippen molar-refractivity contribution in [3.8, 4) is 5.75 Å². The van der Waals surface area contributed by atoms with Crippen molar-refractivity contribution in [1.82, 2.24) is 8.87 Å². The Morgan fingerprint density at radius 2 is 1.92 bits per heavy atom. The van der Waals surface area contributed by atoms with Crippen LogP contribution in [-0.4, -0.2) is 30.4 Å². The number of nitrogens with zero attached hydrogens (tertiary/aromatic N) is 2. The van der Waals surface area contributed by atoms with Gasteiger partial charge in [-0.1, -0.05) is 0 Å². The van der Waals surface area contributed by atoms with Crippen LogP contribution in [0.2, 0.25) is 0 Å². The van der Waals surface area contributed by atoms with Crippen molar-refractivity contribution in [2.24, 2.45) is 7.05 Å². The highest BCUT2D eigenvalue weighted by Gasteiger charge is 2.39. The minimum absolute atomic E-state index is 0.0798. The summed E-state index contributed by atoms with van der Waals surface area (Å²) in [5.74, 6) is 0.413. The number of benzene rings is 1. The third-order valence-electron chi connectivity index (χ3n) is 4.69. The van der Waals surface area contributed by atoms with Crippen LogP contribution in [-0.2, 0) is 23.6 Å². The smallest absolute Gasteiger partial charge is 0.247 e. The molecule has 1 fully saturated rings. The molecule has 6 heteroatoms. The van der Waals surface area contributed by atoms with Crippen LogP contribution in [0.15, 0.2) is 35.4 Å². The van der Waals surface area contributed by atoms with Gasteiger partial charge in [-0.05, 0) is 62.1 Å². The molecule has 0 amide bonds. The van der Waals surface area contributed by atoms with Crippen LogP contribution in [0, 0.1) is 13.8 Å². The number of aromatic nitrogens is 1. The van der Waals surface area contributed by atoms with E-state index in [1.165, 1.54) is 7.11 Å². The zero-order valence-corrected chi connectivity index (χ0v) is 15.4. The number of sulfonamides is 1. The average Bonchev–Trinajstić information content (AvgIpc) is 3.29. The summed E-state index contributed by atoms with van der Waals surface area (Å²) in [5, 5.41) is 0. The van der Waals surface area contributed by atoms with E-state index in [9.17, 15) is 8.42 Å². The van der Waals surface area contributed by atoms with Crippen LogP contribution >= 0.6 is 0 Å². The van der Waals surface area contributed by atoms with Gasteiger partial charge in [0.25, 0.3) is 0 Å². The zero-order valence-electron chi connectivity index (χ0n) is 14.6. The van der Waals surface area contributed by atoms with E-state index >= 15 is 0 Å². The monoisotopic (exact) mass is 348 g/mol. The van der Waals surface area contributed by atoms with Crippen molar-refractivity contribution >= 4 is 10.0 Å². The van der Waals surface area contributed by atoms with Crippen LogP contribution in [0.4, 0.5) is 0 Å². The molecule has 0 radical (unpaired) electrons. The van der Waals surface area contributed by atoms with E-state index in [2.05, 4.69) is 0 Å². The molecule has 1 saturated carbocycles. The summed E-state index contributed by atoms with van der Waals surface area (Å²) in [6, 6.07) is 7.50. The normalized spacial score (nSPS) is 15.0. The third-order valence-corrected chi connectivity index (χ3v) is 6.61. The molecule has 1 aliphatic rings. The van der Waals surface area contributed by atoms with Gasteiger partial charge in [0.2, 0.25) is 10.0 Å². The van der Waals surface area contributed by atoms with Crippen molar-refractivity contribution in [3.05, 3.63) is 47.3 Å². The van der Waals surface area contributed by atoms with Crippen molar-refractivity contribution < 1.29 is 13.2 Å². The van der Waals surface area contributed by atoms with Crippen molar-refractivity contribution in [2.45, 2.75) is 44.2 Å². The lowest BCUT2D eigenvalue weighted by molar-refractivity contribution is 0.376. The SMILES string of the molecule is COc1cc(C)c(C)cc1S(=O)(=O)N(Cc1cccn1C)C1CC1. The van der Waals surface area contributed by atoms with E-state index in [1.807, 2.05) is 43.8 Å². The molecule has 0 saturated heterocycles. The van der Waals surface area contributed by atoms with E-state index < -0.39 is 10.0 Å². The molecule has 24 heavy (non-hydrogen) atoms. The predicted molar refractivity (Wildman–Crippen MR) is 93.6 cm³/mol. The summed E-state index contributed by atoms with van der Waals surface area (Å²) in [5.41, 5.74) is 2.95. The van der Waals surface area contributed by atoms with E-state index in [0.29, 0.717) is 12.3 Å². The molecule has 1 aromatic heterocycles. The number of aryl methyl sites for hydroxylation is 3. The first-order valence-corrected chi connectivity index (χ1v) is 9.56. The molecule has 130 valence electrons. The fourth-order valence-electron chi connectivity index (χ4n) is 2.84. The second kappa shape index (κ2) is 6.26. The average molecular weight is 348 g/mol. The first-order chi connectivity index (χ1) is 11.3. The van der Waals surface area contributed by atoms with Crippen LogP contribution in [0.3, 0.4) is 0 Å². The zero-order chi connectivity index (χ0) is 17.5. The molecule has 0 bridgehead atoms. The van der Waals surface area contributed by atoms with E-state index in [4.69, 9.17) is 4.74 Å². The van der Waals surface area contributed by atoms with Gasteiger partial charge in [-0.2, -0.15) is 4.31 Å².